The van der Waals surface area contributed by atoms with E-state index in [1.165, 1.54) is 0 Å². The van der Waals surface area contributed by atoms with Gasteiger partial charge in [-0.05, 0) is 23.8 Å². The predicted octanol–water partition coefficient (Wildman–Crippen LogP) is 3.96. The van der Waals surface area contributed by atoms with E-state index in [9.17, 15) is 5.11 Å². The molecular weight excluding hydrogens is 262 g/mol. The van der Waals surface area contributed by atoms with Gasteiger partial charge in [0.25, 0.3) is 0 Å². The van der Waals surface area contributed by atoms with Gasteiger partial charge in [-0.25, -0.2) is 4.98 Å². The number of ether oxygens (including phenoxy) is 1. The van der Waals surface area contributed by atoms with Crippen molar-refractivity contribution in [3.8, 4) is 11.6 Å². The number of pyridine rings is 1. The first kappa shape index (κ1) is 13.3. The molecule has 1 N–H and O–H groups in total. The van der Waals surface area contributed by atoms with Gasteiger partial charge in [-0.15, -0.1) is 0 Å². The summed E-state index contributed by atoms with van der Waals surface area (Å²) >= 11 is 0. The van der Waals surface area contributed by atoms with Gasteiger partial charge in [-0.3, -0.25) is 0 Å². The molecule has 104 valence electrons. The first-order valence-electron chi connectivity index (χ1n) is 6.75. The van der Waals surface area contributed by atoms with Crippen molar-refractivity contribution in [2.75, 3.05) is 0 Å². The van der Waals surface area contributed by atoms with Crippen LogP contribution in [0.25, 0.3) is 0 Å². The van der Waals surface area contributed by atoms with E-state index >= 15 is 0 Å². The topological polar surface area (TPSA) is 42.4 Å². The fourth-order valence-electron chi connectivity index (χ4n) is 2.05. The van der Waals surface area contributed by atoms with Crippen molar-refractivity contribution in [3.05, 3.63) is 90.1 Å². The summed E-state index contributed by atoms with van der Waals surface area (Å²) in [6, 6.07) is 22.6. The number of hydrogen-bond donors (Lipinski definition) is 1. The van der Waals surface area contributed by atoms with Gasteiger partial charge in [0.2, 0.25) is 5.88 Å². The van der Waals surface area contributed by atoms with Crippen LogP contribution in [0.1, 0.15) is 17.2 Å². The molecule has 3 nitrogen and oxygen atoms in total. The largest absolute Gasteiger partial charge is 0.439 e. The number of para-hydroxylation sites is 1. The minimum Gasteiger partial charge on any atom is -0.439 e. The fourth-order valence-corrected chi connectivity index (χ4v) is 2.05. The summed E-state index contributed by atoms with van der Waals surface area (Å²) in [5.74, 6) is 1.24. The Hall–Kier alpha value is -2.65. The third kappa shape index (κ3) is 3.27. The SMILES string of the molecule is O[C@@H](c1ccccc1)c1ccc(Oc2ccccc2)nc1. The van der Waals surface area contributed by atoms with E-state index in [0.29, 0.717) is 5.88 Å². The maximum absolute atomic E-state index is 10.3. The number of rotatable bonds is 4. The summed E-state index contributed by atoms with van der Waals surface area (Å²) in [6.45, 7) is 0. The molecule has 1 aromatic heterocycles. The van der Waals surface area contributed by atoms with Gasteiger partial charge in [0, 0.05) is 17.8 Å². The standard InChI is InChI=1S/C18H15NO2/c20-18(14-7-3-1-4-8-14)15-11-12-17(19-13-15)21-16-9-5-2-6-10-16/h1-13,18,20H/t18-/m0/s1. The summed E-state index contributed by atoms with van der Waals surface area (Å²) in [5.41, 5.74) is 1.58. The van der Waals surface area contributed by atoms with Crippen LogP contribution in [0, 0.1) is 0 Å². The molecule has 0 unspecified atom stereocenters. The van der Waals surface area contributed by atoms with Crippen molar-refractivity contribution >= 4 is 0 Å². The van der Waals surface area contributed by atoms with Gasteiger partial charge in [0.1, 0.15) is 11.9 Å². The number of hydrogen-bond acceptors (Lipinski definition) is 3. The van der Waals surface area contributed by atoms with Crippen molar-refractivity contribution in [1.29, 1.82) is 0 Å². The van der Waals surface area contributed by atoms with Crippen LogP contribution in [0.15, 0.2) is 79.0 Å². The van der Waals surface area contributed by atoms with Gasteiger partial charge in [0.05, 0.1) is 0 Å². The van der Waals surface area contributed by atoms with E-state index < -0.39 is 6.10 Å². The second-order valence-electron chi connectivity index (χ2n) is 4.66. The normalized spacial score (nSPS) is 11.9. The van der Waals surface area contributed by atoms with E-state index in [0.717, 1.165) is 16.9 Å². The third-order valence-electron chi connectivity index (χ3n) is 3.16. The number of aliphatic hydroxyl groups excluding tert-OH is 1. The van der Waals surface area contributed by atoms with Gasteiger partial charge in [-0.1, -0.05) is 48.5 Å². The Morgan fingerprint density at radius 2 is 1.43 bits per heavy atom. The van der Waals surface area contributed by atoms with Crippen molar-refractivity contribution in [2.24, 2.45) is 0 Å². The van der Waals surface area contributed by atoms with Crippen LogP contribution in [0.4, 0.5) is 0 Å². The molecule has 0 aliphatic heterocycles. The Bertz CT molecular complexity index is 681. The molecule has 21 heavy (non-hydrogen) atoms. The molecule has 0 saturated carbocycles. The van der Waals surface area contributed by atoms with E-state index in [2.05, 4.69) is 4.98 Å². The molecule has 3 rings (SSSR count). The smallest absolute Gasteiger partial charge is 0.219 e. The molecule has 0 aliphatic carbocycles. The summed E-state index contributed by atoms with van der Waals surface area (Å²) in [4.78, 5) is 4.24. The maximum atomic E-state index is 10.3. The summed E-state index contributed by atoms with van der Waals surface area (Å²) in [7, 11) is 0. The van der Waals surface area contributed by atoms with Gasteiger partial charge >= 0.3 is 0 Å². The van der Waals surface area contributed by atoms with Crippen LogP contribution in [0.5, 0.6) is 11.6 Å². The maximum Gasteiger partial charge on any atom is 0.219 e. The molecule has 1 atom stereocenters. The highest BCUT2D eigenvalue weighted by Gasteiger charge is 2.10. The fraction of sp³-hybridized carbons (Fsp3) is 0.0556. The first-order valence-corrected chi connectivity index (χ1v) is 6.75. The second-order valence-corrected chi connectivity index (χ2v) is 4.66. The molecule has 0 bridgehead atoms. The quantitative estimate of drug-likeness (QED) is 0.785. The Balaban J connectivity index is 1.75. The molecule has 0 fully saturated rings. The summed E-state index contributed by atoms with van der Waals surface area (Å²) in [5, 5.41) is 10.3. The highest BCUT2D eigenvalue weighted by atomic mass is 16.5. The van der Waals surface area contributed by atoms with Crippen LogP contribution >= 0.6 is 0 Å². The van der Waals surface area contributed by atoms with Crippen LogP contribution < -0.4 is 4.74 Å². The molecule has 0 amide bonds. The molecule has 3 aromatic rings. The van der Waals surface area contributed by atoms with Crippen molar-refractivity contribution in [3.63, 3.8) is 0 Å². The first-order chi connectivity index (χ1) is 10.3. The number of aromatic nitrogens is 1. The number of nitrogens with zero attached hydrogens (tertiary/aromatic N) is 1. The van der Waals surface area contributed by atoms with E-state index in [4.69, 9.17) is 4.74 Å². The average Bonchev–Trinajstić information content (AvgIpc) is 2.57. The lowest BCUT2D eigenvalue weighted by molar-refractivity contribution is 0.219. The molecular formula is C18H15NO2. The Morgan fingerprint density at radius 3 is 2.05 bits per heavy atom. The summed E-state index contributed by atoms with van der Waals surface area (Å²) < 4.78 is 5.63. The van der Waals surface area contributed by atoms with E-state index in [-0.39, 0.29) is 0 Å². The van der Waals surface area contributed by atoms with Crippen LogP contribution in [-0.2, 0) is 0 Å². The van der Waals surface area contributed by atoms with Crippen LogP contribution in [0.2, 0.25) is 0 Å². The van der Waals surface area contributed by atoms with Crippen molar-refractivity contribution in [1.82, 2.24) is 4.98 Å². The van der Waals surface area contributed by atoms with Crippen LogP contribution in [0.3, 0.4) is 0 Å². The zero-order chi connectivity index (χ0) is 14.5. The monoisotopic (exact) mass is 277 g/mol. The zero-order valence-corrected chi connectivity index (χ0v) is 11.4. The number of benzene rings is 2. The second kappa shape index (κ2) is 6.20. The van der Waals surface area contributed by atoms with Crippen LogP contribution in [-0.4, -0.2) is 10.1 Å². The minimum absolute atomic E-state index is 0.505. The minimum atomic E-state index is -0.676. The van der Waals surface area contributed by atoms with Crippen molar-refractivity contribution in [2.45, 2.75) is 6.10 Å². The van der Waals surface area contributed by atoms with E-state index in [1.807, 2.05) is 66.7 Å². The zero-order valence-electron chi connectivity index (χ0n) is 11.4. The summed E-state index contributed by atoms with van der Waals surface area (Å²) in [6.07, 6.45) is 0.958. The molecule has 2 aromatic carbocycles. The van der Waals surface area contributed by atoms with Gasteiger partial charge in [-0.2, -0.15) is 0 Å². The van der Waals surface area contributed by atoms with Crippen molar-refractivity contribution < 1.29 is 9.84 Å². The Kier molecular flexibility index (Phi) is 3.94. The number of aliphatic hydroxyl groups is 1. The van der Waals surface area contributed by atoms with Gasteiger partial charge in [0.15, 0.2) is 0 Å². The van der Waals surface area contributed by atoms with Gasteiger partial charge < -0.3 is 9.84 Å². The highest BCUT2D eigenvalue weighted by molar-refractivity contribution is 5.31. The molecule has 0 spiro atoms. The highest BCUT2D eigenvalue weighted by Crippen LogP contribution is 2.24. The lowest BCUT2D eigenvalue weighted by atomic mass is 10.0. The molecule has 0 aliphatic rings. The molecule has 0 saturated heterocycles. The Labute approximate surface area is 123 Å². The molecule has 3 heteroatoms. The molecule has 0 radical (unpaired) electrons. The van der Waals surface area contributed by atoms with E-state index in [1.54, 1.807) is 12.3 Å². The average molecular weight is 277 g/mol. The Morgan fingerprint density at radius 1 is 0.762 bits per heavy atom. The lowest BCUT2D eigenvalue weighted by Crippen LogP contribution is -2.00. The third-order valence-corrected chi connectivity index (χ3v) is 3.16. The predicted molar refractivity (Wildman–Crippen MR) is 81.3 cm³/mol. The lowest BCUT2D eigenvalue weighted by Gasteiger charge is -2.11. The molecule has 1 heterocycles.